The molecule has 7 nitrogen and oxygen atoms in total. The Labute approximate surface area is 203 Å². The lowest BCUT2D eigenvalue weighted by atomic mass is 9.89. The highest BCUT2D eigenvalue weighted by molar-refractivity contribution is 5.92. The minimum Gasteiger partial charge on any atom is -0.480 e. The largest absolute Gasteiger partial charge is 0.480 e. The van der Waals surface area contributed by atoms with Crippen LogP contribution in [0.25, 0.3) is 11.1 Å². The molecule has 2 N–H and O–H groups in total. The molecule has 2 amide bonds. The zero-order valence-electron chi connectivity index (χ0n) is 19.1. The Kier molecular flexibility index (Phi) is 6.23. The maximum absolute atomic E-state index is 13.3. The van der Waals surface area contributed by atoms with Crippen molar-refractivity contribution in [1.82, 2.24) is 10.2 Å². The fraction of sp³-hybridized carbons (Fsp3) is 0.250. The summed E-state index contributed by atoms with van der Waals surface area (Å²) in [4.78, 5) is 39.9. The number of carboxylic acids is 1. The number of aliphatic carboxylic acids is 1. The van der Waals surface area contributed by atoms with Crippen LogP contribution in [0.1, 0.15) is 35.4 Å². The Balaban J connectivity index is 1.34. The number of carbonyl (C=O) groups excluding carboxylic acids is 2. The van der Waals surface area contributed by atoms with Gasteiger partial charge in [0.25, 0.3) is 0 Å². The average molecular weight is 471 g/mol. The van der Waals surface area contributed by atoms with E-state index in [2.05, 4.69) is 5.32 Å². The molecule has 0 unspecified atom stereocenters. The van der Waals surface area contributed by atoms with Crippen molar-refractivity contribution >= 4 is 18.0 Å². The maximum Gasteiger partial charge on any atom is 0.410 e. The van der Waals surface area contributed by atoms with Crippen LogP contribution in [0.4, 0.5) is 4.79 Å². The molecule has 7 heteroatoms. The first-order chi connectivity index (χ1) is 17.0. The van der Waals surface area contributed by atoms with Crippen molar-refractivity contribution in [2.24, 2.45) is 0 Å². The van der Waals surface area contributed by atoms with Gasteiger partial charge in [-0.05, 0) is 40.7 Å². The van der Waals surface area contributed by atoms with Gasteiger partial charge < -0.3 is 15.2 Å². The molecule has 3 aromatic carbocycles. The standard InChI is InChI=1S/C28H26N2O5/c31-26(23-15-8-16-30(23)28(34)35-17-18-9-2-1-3-10-18)29-25(27(32)33)24-21-13-6-4-11-19(21)20-12-5-7-14-22(20)24/h1-7,9-14,23-25H,8,15-17H2,(H,29,31)(H,32,33)/t23-,25+/m1/s1. The van der Waals surface area contributed by atoms with Crippen molar-refractivity contribution in [3.63, 3.8) is 0 Å². The summed E-state index contributed by atoms with van der Waals surface area (Å²) in [5, 5.41) is 12.9. The number of amides is 2. The topological polar surface area (TPSA) is 95.9 Å². The number of carbonyl (C=O) groups is 3. The zero-order chi connectivity index (χ0) is 24.4. The van der Waals surface area contributed by atoms with Crippen molar-refractivity contribution < 1.29 is 24.2 Å². The third kappa shape index (κ3) is 4.37. The third-order valence-corrected chi connectivity index (χ3v) is 6.77. The number of hydrogen-bond donors (Lipinski definition) is 2. The van der Waals surface area contributed by atoms with Gasteiger partial charge in [0.1, 0.15) is 18.7 Å². The molecule has 3 aromatic rings. The number of carboxylic acid groups (broad SMARTS) is 1. The summed E-state index contributed by atoms with van der Waals surface area (Å²) >= 11 is 0. The number of rotatable bonds is 6. The van der Waals surface area contributed by atoms with E-state index in [4.69, 9.17) is 4.74 Å². The van der Waals surface area contributed by atoms with Crippen LogP contribution in [0, 0.1) is 0 Å². The highest BCUT2D eigenvalue weighted by Gasteiger charge is 2.42. The van der Waals surface area contributed by atoms with Crippen LogP contribution in [0.15, 0.2) is 78.9 Å². The number of fused-ring (bicyclic) bond motifs is 3. The van der Waals surface area contributed by atoms with Gasteiger partial charge in [-0.15, -0.1) is 0 Å². The molecule has 0 spiro atoms. The van der Waals surface area contributed by atoms with Crippen molar-refractivity contribution in [2.75, 3.05) is 6.54 Å². The smallest absolute Gasteiger partial charge is 0.410 e. The van der Waals surface area contributed by atoms with Crippen molar-refractivity contribution in [3.05, 3.63) is 95.6 Å². The summed E-state index contributed by atoms with van der Waals surface area (Å²) < 4.78 is 5.43. The van der Waals surface area contributed by atoms with Gasteiger partial charge in [-0.1, -0.05) is 78.9 Å². The summed E-state index contributed by atoms with van der Waals surface area (Å²) in [6, 6.07) is 22.7. The van der Waals surface area contributed by atoms with E-state index in [1.165, 1.54) is 4.90 Å². The number of ether oxygens (including phenoxy) is 1. The van der Waals surface area contributed by atoms with Crippen LogP contribution in [0.5, 0.6) is 0 Å². The Bertz CT molecular complexity index is 1210. The molecule has 0 aromatic heterocycles. The van der Waals surface area contributed by atoms with Crippen molar-refractivity contribution in [2.45, 2.75) is 37.5 Å². The Morgan fingerprint density at radius 1 is 0.914 bits per heavy atom. The fourth-order valence-corrected chi connectivity index (χ4v) is 5.15. The van der Waals surface area contributed by atoms with Crippen LogP contribution in [0.2, 0.25) is 0 Å². The van der Waals surface area contributed by atoms with Gasteiger partial charge in [0.15, 0.2) is 0 Å². The number of likely N-dealkylation sites (tertiary alicyclic amines) is 1. The molecular formula is C28H26N2O5. The Hall–Kier alpha value is -4.13. The summed E-state index contributed by atoms with van der Waals surface area (Å²) in [7, 11) is 0. The summed E-state index contributed by atoms with van der Waals surface area (Å²) in [5.74, 6) is -2.12. The number of nitrogens with zero attached hydrogens (tertiary/aromatic N) is 1. The first-order valence-corrected chi connectivity index (χ1v) is 11.7. The van der Waals surface area contributed by atoms with Crippen molar-refractivity contribution in [1.29, 1.82) is 0 Å². The molecule has 35 heavy (non-hydrogen) atoms. The first-order valence-electron chi connectivity index (χ1n) is 11.7. The number of hydrogen-bond acceptors (Lipinski definition) is 4. The Morgan fingerprint density at radius 2 is 1.51 bits per heavy atom. The quantitative estimate of drug-likeness (QED) is 0.564. The second-order valence-electron chi connectivity index (χ2n) is 8.87. The van der Waals surface area contributed by atoms with Crippen LogP contribution < -0.4 is 5.32 Å². The summed E-state index contributed by atoms with van der Waals surface area (Å²) in [6.07, 6.45) is 0.525. The van der Waals surface area contributed by atoms with Gasteiger partial charge >= 0.3 is 12.1 Å². The van der Waals surface area contributed by atoms with Gasteiger partial charge in [-0.3, -0.25) is 9.69 Å². The van der Waals surface area contributed by atoms with Crippen LogP contribution in [0.3, 0.4) is 0 Å². The lowest BCUT2D eigenvalue weighted by Gasteiger charge is -2.27. The van der Waals surface area contributed by atoms with Gasteiger partial charge in [0.2, 0.25) is 5.91 Å². The second kappa shape index (κ2) is 9.62. The van der Waals surface area contributed by atoms with E-state index in [1.54, 1.807) is 0 Å². The molecular weight excluding hydrogens is 444 g/mol. The van der Waals surface area contributed by atoms with Crippen LogP contribution in [-0.2, 0) is 20.9 Å². The van der Waals surface area contributed by atoms with E-state index in [0.29, 0.717) is 19.4 Å². The molecule has 0 bridgehead atoms. The van der Waals surface area contributed by atoms with E-state index >= 15 is 0 Å². The predicted molar refractivity (Wildman–Crippen MR) is 130 cm³/mol. The van der Waals surface area contributed by atoms with E-state index in [0.717, 1.165) is 27.8 Å². The molecule has 178 valence electrons. The molecule has 5 rings (SSSR count). The average Bonchev–Trinajstić information content (AvgIpc) is 3.50. The van der Waals surface area contributed by atoms with Crippen LogP contribution >= 0.6 is 0 Å². The first kappa shape index (κ1) is 22.7. The third-order valence-electron chi connectivity index (χ3n) is 6.77. The zero-order valence-corrected chi connectivity index (χ0v) is 19.1. The minimum atomic E-state index is -1.17. The summed E-state index contributed by atoms with van der Waals surface area (Å²) in [6.45, 7) is 0.496. The molecule has 2 aliphatic rings. The minimum absolute atomic E-state index is 0.109. The van der Waals surface area contributed by atoms with E-state index in [9.17, 15) is 19.5 Å². The van der Waals surface area contributed by atoms with Gasteiger partial charge in [-0.2, -0.15) is 0 Å². The normalized spacial score (nSPS) is 17.4. The lowest BCUT2D eigenvalue weighted by Crippen LogP contribution is -2.52. The van der Waals surface area contributed by atoms with E-state index < -0.39 is 36.0 Å². The number of benzene rings is 3. The molecule has 0 radical (unpaired) electrons. The maximum atomic E-state index is 13.3. The molecule has 1 aliphatic heterocycles. The molecule has 1 aliphatic carbocycles. The highest BCUT2D eigenvalue weighted by Crippen LogP contribution is 2.46. The van der Waals surface area contributed by atoms with Crippen molar-refractivity contribution in [3.8, 4) is 11.1 Å². The van der Waals surface area contributed by atoms with Gasteiger partial charge in [0.05, 0.1) is 0 Å². The van der Waals surface area contributed by atoms with E-state index in [-0.39, 0.29) is 6.61 Å². The van der Waals surface area contributed by atoms with Gasteiger partial charge in [-0.25, -0.2) is 9.59 Å². The lowest BCUT2D eigenvalue weighted by molar-refractivity contribution is -0.142. The molecule has 2 atom stereocenters. The molecule has 1 fully saturated rings. The number of nitrogens with one attached hydrogen (secondary N) is 1. The monoisotopic (exact) mass is 470 g/mol. The second-order valence-corrected chi connectivity index (χ2v) is 8.87. The fourth-order valence-electron chi connectivity index (χ4n) is 5.15. The SMILES string of the molecule is O=C(O)[C@@H](NC(=O)[C@H]1CCCN1C(=O)OCc1ccccc1)C1c2ccccc2-c2ccccc21. The Morgan fingerprint density at radius 3 is 2.14 bits per heavy atom. The van der Waals surface area contributed by atoms with Gasteiger partial charge in [0, 0.05) is 12.5 Å². The predicted octanol–water partition coefficient (Wildman–Crippen LogP) is 4.17. The summed E-state index contributed by atoms with van der Waals surface area (Å²) in [5.41, 5.74) is 4.53. The van der Waals surface area contributed by atoms with E-state index in [1.807, 2.05) is 78.9 Å². The molecule has 0 saturated carbocycles. The molecule has 1 saturated heterocycles. The highest BCUT2D eigenvalue weighted by atomic mass is 16.6. The molecule has 1 heterocycles. The van der Waals surface area contributed by atoms with Crippen LogP contribution in [-0.4, -0.2) is 46.6 Å².